The van der Waals surface area contributed by atoms with Gasteiger partial charge in [-0.2, -0.15) is 0 Å². The molecule has 1 heterocycles. The van der Waals surface area contributed by atoms with Crippen LogP contribution in [0.1, 0.15) is 18.4 Å². The fraction of sp³-hybridized carbons (Fsp3) is 0.385. The molecule has 0 amide bonds. The zero-order valence-corrected chi connectivity index (χ0v) is 11.0. The second-order valence-corrected chi connectivity index (χ2v) is 4.87. The molecule has 0 bridgehead atoms. The van der Waals surface area contributed by atoms with Gasteiger partial charge in [0.25, 0.3) is 0 Å². The minimum atomic E-state index is 0. The molecule has 0 aromatic heterocycles. The zero-order chi connectivity index (χ0) is 11.0. The lowest BCUT2D eigenvalue weighted by molar-refractivity contribution is 0.343. The van der Waals surface area contributed by atoms with Crippen LogP contribution in [0.3, 0.4) is 0 Å². The van der Waals surface area contributed by atoms with Crippen molar-refractivity contribution < 1.29 is 4.74 Å². The lowest BCUT2D eigenvalue weighted by Crippen LogP contribution is -2.23. The summed E-state index contributed by atoms with van der Waals surface area (Å²) >= 11 is 5.96. The number of hydrogen-bond acceptors (Lipinski definition) is 2. The van der Waals surface area contributed by atoms with E-state index < -0.39 is 0 Å². The quantitative estimate of drug-likeness (QED) is 0.911. The third-order valence-electron chi connectivity index (χ3n) is 2.94. The van der Waals surface area contributed by atoms with Crippen LogP contribution in [0, 0.1) is 0 Å². The van der Waals surface area contributed by atoms with E-state index in [1.165, 1.54) is 18.4 Å². The molecule has 0 radical (unpaired) electrons. The summed E-state index contributed by atoms with van der Waals surface area (Å²) in [5.74, 6) is 0.930. The molecule has 92 valence electrons. The Kier molecular flexibility index (Phi) is 3.97. The van der Waals surface area contributed by atoms with Gasteiger partial charge in [0.1, 0.15) is 12.4 Å². The first-order valence-corrected chi connectivity index (χ1v) is 6.04. The van der Waals surface area contributed by atoms with Crippen LogP contribution in [0.15, 0.2) is 23.8 Å². The van der Waals surface area contributed by atoms with Gasteiger partial charge in [-0.1, -0.05) is 11.6 Å². The van der Waals surface area contributed by atoms with Crippen LogP contribution in [0.25, 0.3) is 6.08 Å². The minimum absolute atomic E-state index is 0. The average molecular weight is 272 g/mol. The molecule has 17 heavy (non-hydrogen) atoms. The van der Waals surface area contributed by atoms with Crippen LogP contribution in [-0.2, 0) is 0 Å². The predicted molar refractivity (Wildman–Crippen MR) is 73.2 cm³/mol. The molecule has 0 saturated heterocycles. The molecule has 3 rings (SSSR count). The van der Waals surface area contributed by atoms with Crippen LogP contribution in [0.4, 0.5) is 0 Å². The monoisotopic (exact) mass is 271 g/mol. The Balaban J connectivity index is 0.00000108. The van der Waals surface area contributed by atoms with E-state index in [1.807, 2.05) is 18.2 Å². The van der Waals surface area contributed by atoms with Gasteiger partial charge in [0.05, 0.1) is 0 Å². The average Bonchev–Trinajstić information content (AvgIpc) is 3.09. The Morgan fingerprint density at radius 3 is 2.94 bits per heavy atom. The second-order valence-electron chi connectivity index (χ2n) is 4.43. The molecule has 1 aliphatic carbocycles. The van der Waals surface area contributed by atoms with E-state index in [9.17, 15) is 0 Å². The summed E-state index contributed by atoms with van der Waals surface area (Å²) in [4.78, 5) is 0. The van der Waals surface area contributed by atoms with Gasteiger partial charge in [0.15, 0.2) is 0 Å². The number of ether oxygens (including phenoxy) is 1. The Hall–Kier alpha value is -0.700. The van der Waals surface area contributed by atoms with Gasteiger partial charge >= 0.3 is 0 Å². The first kappa shape index (κ1) is 12.7. The maximum absolute atomic E-state index is 5.96. The van der Waals surface area contributed by atoms with Crippen molar-refractivity contribution in [2.75, 3.05) is 13.2 Å². The van der Waals surface area contributed by atoms with Crippen molar-refractivity contribution in [2.24, 2.45) is 0 Å². The molecule has 2 aliphatic rings. The molecule has 1 fully saturated rings. The van der Waals surface area contributed by atoms with Gasteiger partial charge < -0.3 is 10.1 Å². The fourth-order valence-corrected chi connectivity index (χ4v) is 2.04. The fourth-order valence-electron chi connectivity index (χ4n) is 1.86. The Labute approximate surface area is 112 Å². The zero-order valence-electron chi connectivity index (χ0n) is 9.41. The lowest BCUT2D eigenvalue weighted by atomic mass is 10.1. The highest BCUT2D eigenvalue weighted by molar-refractivity contribution is 6.30. The third kappa shape index (κ3) is 3.15. The lowest BCUT2D eigenvalue weighted by Gasteiger charge is -2.18. The summed E-state index contributed by atoms with van der Waals surface area (Å²) in [5, 5.41) is 4.25. The van der Waals surface area contributed by atoms with Crippen molar-refractivity contribution in [3.63, 3.8) is 0 Å². The Morgan fingerprint density at radius 2 is 2.18 bits per heavy atom. The third-order valence-corrected chi connectivity index (χ3v) is 3.17. The van der Waals surface area contributed by atoms with Gasteiger partial charge in [-0.25, -0.2) is 0 Å². The van der Waals surface area contributed by atoms with Gasteiger partial charge in [-0.15, -0.1) is 12.4 Å². The van der Waals surface area contributed by atoms with Crippen molar-refractivity contribution in [2.45, 2.75) is 18.9 Å². The highest BCUT2D eigenvalue weighted by atomic mass is 35.5. The summed E-state index contributed by atoms with van der Waals surface area (Å²) in [7, 11) is 0. The molecule has 0 unspecified atom stereocenters. The molecule has 1 N–H and O–H groups in total. The summed E-state index contributed by atoms with van der Waals surface area (Å²) in [5.41, 5.74) is 2.38. The normalized spacial score (nSPS) is 17.6. The Bertz CT molecular complexity index is 441. The summed E-state index contributed by atoms with van der Waals surface area (Å²) in [6.45, 7) is 1.62. The maximum Gasteiger partial charge on any atom is 0.127 e. The molecular formula is C13H15Cl2NO. The summed E-state index contributed by atoms with van der Waals surface area (Å²) in [6, 6.07) is 6.48. The molecule has 0 spiro atoms. The van der Waals surface area contributed by atoms with E-state index in [1.54, 1.807) is 0 Å². The van der Waals surface area contributed by atoms with Crippen LogP contribution >= 0.6 is 24.0 Å². The highest BCUT2D eigenvalue weighted by Crippen LogP contribution is 2.29. The molecule has 1 saturated carbocycles. The van der Waals surface area contributed by atoms with Crippen molar-refractivity contribution >= 4 is 30.1 Å². The maximum atomic E-state index is 5.96. The van der Waals surface area contributed by atoms with Crippen molar-refractivity contribution in [1.29, 1.82) is 0 Å². The molecule has 1 aromatic carbocycles. The molecule has 1 aromatic rings. The highest BCUT2D eigenvalue weighted by Gasteiger charge is 2.21. The van der Waals surface area contributed by atoms with Crippen molar-refractivity contribution in [3.8, 4) is 5.75 Å². The van der Waals surface area contributed by atoms with Gasteiger partial charge in [-0.3, -0.25) is 0 Å². The summed E-state index contributed by atoms with van der Waals surface area (Å²) < 4.78 is 5.68. The number of nitrogens with one attached hydrogen (secondary N) is 1. The van der Waals surface area contributed by atoms with Gasteiger partial charge in [0, 0.05) is 23.2 Å². The summed E-state index contributed by atoms with van der Waals surface area (Å²) in [6.07, 6.45) is 4.81. The smallest absolute Gasteiger partial charge is 0.127 e. The number of rotatable bonds is 3. The first-order chi connectivity index (χ1) is 7.81. The minimum Gasteiger partial charge on any atom is -0.489 e. The SMILES string of the molecule is Cl.Clc1ccc2c(c1)C=C(CNC1CC1)CO2. The van der Waals surface area contributed by atoms with E-state index in [2.05, 4.69) is 11.4 Å². The van der Waals surface area contributed by atoms with Crippen LogP contribution < -0.4 is 10.1 Å². The van der Waals surface area contributed by atoms with Crippen LogP contribution in [0.5, 0.6) is 5.75 Å². The van der Waals surface area contributed by atoms with Gasteiger partial charge in [-0.05, 0) is 42.7 Å². The Morgan fingerprint density at radius 1 is 1.35 bits per heavy atom. The first-order valence-electron chi connectivity index (χ1n) is 5.66. The molecule has 4 heteroatoms. The number of benzene rings is 1. The molecule has 2 nitrogen and oxygen atoms in total. The number of fused-ring (bicyclic) bond motifs is 1. The standard InChI is InChI=1S/C13H14ClNO.ClH/c14-11-1-4-13-10(6-11)5-9(8-16-13)7-15-12-2-3-12;/h1,4-6,12,15H,2-3,7-8H2;1H. The molecular weight excluding hydrogens is 257 g/mol. The number of halogens is 2. The van der Waals surface area contributed by atoms with E-state index in [0.29, 0.717) is 6.61 Å². The topological polar surface area (TPSA) is 21.3 Å². The molecule has 0 atom stereocenters. The van der Waals surface area contributed by atoms with E-state index in [0.717, 1.165) is 28.9 Å². The van der Waals surface area contributed by atoms with Crippen molar-refractivity contribution in [1.82, 2.24) is 5.32 Å². The van der Waals surface area contributed by atoms with Crippen molar-refractivity contribution in [3.05, 3.63) is 34.4 Å². The second kappa shape index (κ2) is 5.30. The van der Waals surface area contributed by atoms with Crippen LogP contribution in [-0.4, -0.2) is 19.2 Å². The molecule has 1 aliphatic heterocycles. The number of hydrogen-bond donors (Lipinski definition) is 1. The largest absolute Gasteiger partial charge is 0.489 e. The van der Waals surface area contributed by atoms with Crippen LogP contribution in [0.2, 0.25) is 5.02 Å². The van der Waals surface area contributed by atoms with E-state index in [4.69, 9.17) is 16.3 Å². The van der Waals surface area contributed by atoms with Gasteiger partial charge in [0.2, 0.25) is 0 Å². The predicted octanol–water partition coefficient (Wildman–Crippen LogP) is 3.29. The van der Waals surface area contributed by atoms with E-state index in [-0.39, 0.29) is 12.4 Å². The van der Waals surface area contributed by atoms with E-state index >= 15 is 0 Å².